The van der Waals surface area contributed by atoms with E-state index in [4.69, 9.17) is 0 Å². The first kappa shape index (κ1) is 15.3. The smallest absolute Gasteiger partial charge is 0.481 e. The molecule has 0 fully saturated rings. The first-order valence-corrected chi connectivity index (χ1v) is 6.94. The van der Waals surface area contributed by atoms with E-state index in [1.54, 1.807) is 12.2 Å². The molecular formula is C15H13F2NO5. The SMILES string of the molecule is O=C(O)[C@H]1CC=CC[C@@H]1C(=O)Nc1ccc2c(c1)OC(F)(F)O2. The summed E-state index contributed by atoms with van der Waals surface area (Å²) in [6, 6.07) is 3.85. The summed E-state index contributed by atoms with van der Waals surface area (Å²) in [7, 11) is 0. The van der Waals surface area contributed by atoms with Crippen LogP contribution in [0.5, 0.6) is 11.5 Å². The Labute approximate surface area is 129 Å². The van der Waals surface area contributed by atoms with Crippen LogP contribution in [0.15, 0.2) is 30.4 Å². The molecular weight excluding hydrogens is 312 g/mol. The lowest BCUT2D eigenvalue weighted by Gasteiger charge is -2.24. The molecule has 0 bridgehead atoms. The van der Waals surface area contributed by atoms with Crippen LogP contribution in [0, 0.1) is 11.8 Å². The van der Waals surface area contributed by atoms with Gasteiger partial charge in [0.1, 0.15) is 0 Å². The van der Waals surface area contributed by atoms with Gasteiger partial charge in [-0.05, 0) is 25.0 Å². The van der Waals surface area contributed by atoms with Crippen LogP contribution in [0.25, 0.3) is 0 Å². The number of nitrogens with one attached hydrogen (secondary N) is 1. The first-order chi connectivity index (χ1) is 10.9. The summed E-state index contributed by atoms with van der Waals surface area (Å²) in [6.45, 7) is 0. The number of hydrogen-bond donors (Lipinski definition) is 2. The highest BCUT2D eigenvalue weighted by Crippen LogP contribution is 2.42. The van der Waals surface area contributed by atoms with Gasteiger partial charge in [-0.25, -0.2) is 0 Å². The van der Waals surface area contributed by atoms with Crippen LogP contribution in [0.2, 0.25) is 0 Å². The quantitative estimate of drug-likeness (QED) is 0.835. The largest absolute Gasteiger partial charge is 0.586 e. The number of alkyl halides is 2. The zero-order valence-corrected chi connectivity index (χ0v) is 11.8. The number of ether oxygens (including phenoxy) is 2. The van der Waals surface area contributed by atoms with Crippen molar-refractivity contribution in [3.05, 3.63) is 30.4 Å². The third-order valence-electron chi connectivity index (χ3n) is 3.76. The monoisotopic (exact) mass is 325 g/mol. The van der Waals surface area contributed by atoms with Crippen LogP contribution in [-0.4, -0.2) is 23.3 Å². The van der Waals surface area contributed by atoms with Crippen molar-refractivity contribution in [3.63, 3.8) is 0 Å². The molecule has 1 aliphatic heterocycles. The summed E-state index contributed by atoms with van der Waals surface area (Å²) in [4.78, 5) is 23.5. The van der Waals surface area contributed by atoms with Crippen molar-refractivity contribution < 1.29 is 33.0 Å². The zero-order valence-electron chi connectivity index (χ0n) is 11.8. The number of allylic oxidation sites excluding steroid dienone is 2. The molecule has 0 unspecified atom stereocenters. The first-order valence-electron chi connectivity index (χ1n) is 6.94. The van der Waals surface area contributed by atoms with Gasteiger partial charge in [-0.15, -0.1) is 8.78 Å². The average molecular weight is 325 g/mol. The van der Waals surface area contributed by atoms with Crippen LogP contribution in [0.3, 0.4) is 0 Å². The summed E-state index contributed by atoms with van der Waals surface area (Å²) < 4.78 is 34.5. The second-order valence-electron chi connectivity index (χ2n) is 5.31. The second kappa shape index (κ2) is 5.53. The summed E-state index contributed by atoms with van der Waals surface area (Å²) in [5.41, 5.74) is 0.230. The van der Waals surface area contributed by atoms with Gasteiger partial charge in [0.15, 0.2) is 11.5 Å². The Morgan fingerprint density at radius 3 is 2.48 bits per heavy atom. The Morgan fingerprint density at radius 2 is 1.78 bits per heavy atom. The highest BCUT2D eigenvalue weighted by Gasteiger charge is 2.43. The Hall–Kier alpha value is -2.64. The highest BCUT2D eigenvalue weighted by molar-refractivity contribution is 5.95. The van der Waals surface area contributed by atoms with Gasteiger partial charge in [-0.3, -0.25) is 9.59 Å². The molecule has 0 aromatic heterocycles. The maximum absolute atomic E-state index is 13.0. The minimum atomic E-state index is -3.73. The maximum atomic E-state index is 13.0. The molecule has 1 aromatic rings. The molecule has 2 atom stereocenters. The predicted molar refractivity (Wildman–Crippen MR) is 74.3 cm³/mol. The molecule has 0 radical (unpaired) electrons. The number of rotatable bonds is 3. The van der Waals surface area contributed by atoms with Gasteiger partial charge in [0.2, 0.25) is 5.91 Å². The van der Waals surface area contributed by atoms with E-state index in [-0.39, 0.29) is 23.6 Å². The number of carbonyl (C=O) groups excluding carboxylic acids is 1. The topological polar surface area (TPSA) is 84.9 Å². The number of carboxylic acid groups (broad SMARTS) is 1. The minimum absolute atomic E-state index is 0.128. The number of fused-ring (bicyclic) bond motifs is 1. The fourth-order valence-electron chi connectivity index (χ4n) is 2.64. The number of halogens is 2. The predicted octanol–water partition coefficient (Wildman–Crippen LogP) is 2.61. The van der Waals surface area contributed by atoms with E-state index in [0.717, 1.165) is 0 Å². The summed E-state index contributed by atoms with van der Waals surface area (Å²) >= 11 is 0. The van der Waals surface area contributed by atoms with Crippen LogP contribution in [0.1, 0.15) is 12.8 Å². The third kappa shape index (κ3) is 3.10. The molecule has 122 valence electrons. The normalized spacial score (nSPS) is 24.3. The molecule has 8 heteroatoms. The van der Waals surface area contributed by atoms with E-state index in [1.807, 2.05) is 0 Å². The number of benzene rings is 1. The molecule has 2 aliphatic rings. The fraction of sp³-hybridized carbons (Fsp3) is 0.333. The van der Waals surface area contributed by atoms with Crippen LogP contribution in [-0.2, 0) is 9.59 Å². The number of carboxylic acids is 1. The summed E-state index contributed by atoms with van der Waals surface area (Å²) in [5, 5.41) is 11.7. The molecule has 3 rings (SSSR count). The fourth-order valence-corrected chi connectivity index (χ4v) is 2.64. The van der Waals surface area contributed by atoms with Gasteiger partial charge in [-0.2, -0.15) is 0 Å². The van der Waals surface area contributed by atoms with Crippen molar-refractivity contribution in [2.75, 3.05) is 5.32 Å². The standard InChI is InChI=1S/C15H13F2NO5/c16-15(17)22-11-6-5-8(7-12(11)23-15)18-13(19)9-3-1-2-4-10(9)14(20)21/h1-2,5-7,9-10H,3-4H2,(H,18,19)(H,20,21)/t9-,10-/m0/s1. The van der Waals surface area contributed by atoms with E-state index in [9.17, 15) is 23.5 Å². The van der Waals surface area contributed by atoms with Crippen molar-refractivity contribution in [3.8, 4) is 11.5 Å². The number of amides is 1. The van der Waals surface area contributed by atoms with Gasteiger partial charge >= 0.3 is 12.3 Å². The summed E-state index contributed by atoms with van der Waals surface area (Å²) in [5.74, 6) is -3.36. The molecule has 1 amide bonds. The number of carbonyl (C=O) groups is 2. The van der Waals surface area contributed by atoms with Gasteiger partial charge in [0.25, 0.3) is 0 Å². The van der Waals surface area contributed by atoms with E-state index in [2.05, 4.69) is 14.8 Å². The van der Waals surface area contributed by atoms with E-state index in [1.165, 1.54) is 18.2 Å². The Kier molecular flexibility index (Phi) is 3.67. The molecule has 0 saturated heterocycles. The molecule has 2 N–H and O–H groups in total. The minimum Gasteiger partial charge on any atom is -0.481 e. The van der Waals surface area contributed by atoms with E-state index < -0.39 is 30.0 Å². The number of hydrogen-bond acceptors (Lipinski definition) is 4. The second-order valence-corrected chi connectivity index (χ2v) is 5.31. The molecule has 1 aromatic carbocycles. The van der Waals surface area contributed by atoms with E-state index in [0.29, 0.717) is 6.42 Å². The lowest BCUT2D eigenvalue weighted by Crippen LogP contribution is -2.34. The van der Waals surface area contributed by atoms with Gasteiger partial charge in [-0.1, -0.05) is 12.2 Å². The molecule has 23 heavy (non-hydrogen) atoms. The third-order valence-corrected chi connectivity index (χ3v) is 3.76. The Morgan fingerprint density at radius 1 is 1.13 bits per heavy atom. The molecule has 0 spiro atoms. The van der Waals surface area contributed by atoms with Gasteiger partial charge in [0, 0.05) is 11.8 Å². The van der Waals surface area contributed by atoms with Crippen molar-refractivity contribution in [2.24, 2.45) is 11.8 Å². The van der Waals surface area contributed by atoms with Crippen LogP contribution >= 0.6 is 0 Å². The molecule has 1 heterocycles. The van der Waals surface area contributed by atoms with Crippen LogP contribution < -0.4 is 14.8 Å². The lowest BCUT2D eigenvalue weighted by atomic mass is 9.82. The Bertz CT molecular complexity index is 688. The van der Waals surface area contributed by atoms with Crippen molar-refractivity contribution in [2.45, 2.75) is 19.1 Å². The van der Waals surface area contributed by atoms with Crippen LogP contribution in [0.4, 0.5) is 14.5 Å². The van der Waals surface area contributed by atoms with E-state index >= 15 is 0 Å². The van der Waals surface area contributed by atoms with Gasteiger partial charge in [0.05, 0.1) is 11.8 Å². The molecule has 0 saturated carbocycles. The number of anilines is 1. The number of aliphatic carboxylic acids is 1. The maximum Gasteiger partial charge on any atom is 0.586 e. The molecule has 6 nitrogen and oxygen atoms in total. The van der Waals surface area contributed by atoms with Crippen molar-refractivity contribution in [1.29, 1.82) is 0 Å². The Balaban J connectivity index is 1.74. The lowest BCUT2D eigenvalue weighted by molar-refractivity contribution is -0.286. The van der Waals surface area contributed by atoms with Gasteiger partial charge < -0.3 is 19.9 Å². The molecule has 1 aliphatic carbocycles. The van der Waals surface area contributed by atoms with Crippen molar-refractivity contribution in [1.82, 2.24) is 0 Å². The summed E-state index contributed by atoms with van der Waals surface area (Å²) in [6.07, 6.45) is 0.342. The van der Waals surface area contributed by atoms with Crippen molar-refractivity contribution >= 4 is 17.6 Å². The average Bonchev–Trinajstić information content (AvgIpc) is 2.80. The zero-order chi connectivity index (χ0) is 16.6. The highest BCUT2D eigenvalue weighted by atomic mass is 19.3.